The molecule has 0 aromatic carbocycles. The van der Waals surface area contributed by atoms with Gasteiger partial charge in [0.25, 0.3) is 0 Å². The topological polar surface area (TPSA) is 49.3 Å². The number of nitrogens with one attached hydrogen (secondary N) is 1. The summed E-state index contributed by atoms with van der Waals surface area (Å²) >= 11 is 0. The lowest BCUT2D eigenvalue weighted by atomic mass is 9.83. The van der Waals surface area contributed by atoms with Gasteiger partial charge in [-0.1, -0.05) is 13.8 Å². The molecule has 0 aliphatic heterocycles. The number of terminal acetylenes is 1. The fraction of sp³-hybridized carbons (Fsp3) is 0.786. The van der Waals surface area contributed by atoms with E-state index in [1.807, 2.05) is 13.8 Å². The van der Waals surface area contributed by atoms with Gasteiger partial charge in [0.15, 0.2) is 0 Å². The van der Waals surface area contributed by atoms with Crippen molar-refractivity contribution in [2.45, 2.75) is 52.4 Å². The summed E-state index contributed by atoms with van der Waals surface area (Å²) in [6, 6.07) is 0. The molecule has 0 spiro atoms. The number of amides is 1. The maximum absolute atomic E-state index is 11.6. The Hall–Kier alpha value is -1.01. The van der Waals surface area contributed by atoms with Crippen LogP contribution < -0.4 is 5.32 Å². The van der Waals surface area contributed by atoms with Gasteiger partial charge in [-0.2, -0.15) is 0 Å². The largest absolute Gasteiger partial charge is 0.396 e. The third-order valence-electron chi connectivity index (χ3n) is 3.47. The van der Waals surface area contributed by atoms with Gasteiger partial charge in [-0.3, -0.25) is 4.79 Å². The third kappa shape index (κ3) is 6.33. The Balaban J connectivity index is 3.85. The van der Waals surface area contributed by atoms with Gasteiger partial charge < -0.3 is 10.4 Å². The molecule has 1 amide bonds. The van der Waals surface area contributed by atoms with Gasteiger partial charge in [-0.25, -0.2) is 0 Å². The molecule has 0 atom stereocenters. The maximum atomic E-state index is 11.6. The first-order chi connectivity index (χ1) is 8.14. The van der Waals surface area contributed by atoms with Crippen LogP contribution in [0.3, 0.4) is 0 Å². The highest BCUT2D eigenvalue weighted by molar-refractivity contribution is 5.75. The fourth-order valence-electron chi connectivity index (χ4n) is 1.67. The molecule has 0 bridgehead atoms. The van der Waals surface area contributed by atoms with Gasteiger partial charge >= 0.3 is 0 Å². The summed E-state index contributed by atoms with van der Waals surface area (Å²) in [7, 11) is 0. The number of aliphatic hydroxyl groups is 1. The van der Waals surface area contributed by atoms with Crippen molar-refractivity contribution in [3.8, 4) is 12.3 Å². The van der Waals surface area contributed by atoms with Crippen LogP contribution in [0.2, 0.25) is 0 Å². The first kappa shape index (κ1) is 16.0. The number of hydrogen-bond donors (Lipinski definition) is 2. The second kappa shape index (κ2) is 9.07. The molecule has 0 unspecified atom stereocenters. The van der Waals surface area contributed by atoms with Crippen molar-refractivity contribution in [3.63, 3.8) is 0 Å². The normalized spacial score (nSPS) is 10.9. The molecule has 2 N–H and O–H groups in total. The summed E-state index contributed by atoms with van der Waals surface area (Å²) in [5, 5.41) is 12.3. The van der Waals surface area contributed by atoms with Gasteiger partial charge in [-0.05, 0) is 25.7 Å². The van der Waals surface area contributed by atoms with E-state index in [1.54, 1.807) is 0 Å². The summed E-state index contributed by atoms with van der Waals surface area (Å²) in [6.45, 7) is 4.76. The van der Waals surface area contributed by atoms with E-state index in [0.717, 1.165) is 32.1 Å². The molecule has 0 saturated heterocycles. The third-order valence-corrected chi connectivity index (χ3v) is 3.47. The van der Waals surface area contributed by atoms with Crippen LogP contribution in [0.5, 0.6) is 0 Å². The molecule has 3 nitrogen and oxygen atoms in total. The van der Waals surface area contributed by atoms with E-state index < -0.39 is 0 Å². The summed E-state index contributed by atoms with van der Waals surface area (Å²) < 4.78 is 0. The Labute approximate surface area is 105 Å². The van der Waals surface area contributed by atoms with E-state index in [2.05, 4.69) is 11.2 Å². The van der Waals surface area contributed by atoms with Crippen molar-refractivity contribution in [3.05, 3.63) is 0 Å². The number of hydrogen-bond acceptors (Lipinski definition) is 2. The van der Waals surface area contributed by atoms with Gasteiger partial charge in [-0.15, -0.1) is 12.3 Å². The van der Waals surface area contributed by atoms with E-state index >= 15 is 0 Å². The van der Waals surface area contributed by atoms with Crippen LogP contribution in [-0.4, -0.2) is 24.2 Å². The molecule has 0 aromatic rings. The summed E-state index contributed by atoms with van der Waals surface area (Å²) in [4.78, 5) is 11.6. The van der Waals surface area contributed by atoms with Crippen molar-refractivity contribution >= 4 is 5.91 Å². The Morgan fingerprint density at radius 1 is 1.35 bits per heavy atom. The van der Waals surface area contributed by atoms with Crippen LogP contribution in [0.25, 0.3) is 0 Å². The van der Waals surface area contributed by atoms with E-state index in [-0.39, 0.29) is 17.9 Å². The highest BCUT2D eigenvalue weighted by Gasteiger charge is 2.25. The predicted molar refractivity (Wildman–Crippen MR) is 70.4 cm³/mol. The monoisotopic (exact) mass is 239 g/mol. The van der Waals surface area contributed by atoms with Crippen molar-refractivity contribution in [2.24, 2.45) is 5.41 Å². The quantitative estimate of drug-likeness (QED) is 0.478. The lowest BCUT2D eigenvalue weighted by molar-refractivity contribution is -0.121. The molecule has 0 aliphatic carbocycles. The van der Waals surface area contributed by atoms with Gasteiger partial charge in [0.2, 0.25) is 5.91 Å². The summed E-state index contributed by atoms with van der Waals surface area (Å²) in [6.07, 6.45) is 9.87. The van der Waals surface area contributed by atoms with Crippen molar-refractivity contribution < 1.29 is 9.90 Å². The highest BCUT2D eigenvalue weighted by atomic mass is 16.3. The molecule has 0 rings (SSSR count). The Bertz CT molecular complexity index is 243. The fourth-order valence-corrected chi connectivity index (χ4v) is 1.67. The number of rotatable bonds is 9. The smallest absolute Gasteiger partial charge is 0.220 e. The second-order valence-electron chi connectivity index (χ2n) is 4.55. The zero-order chi connectivity index (χ0) is 13.1. The number of carbonyl (C=O) groups is 1. The molecule has 3 heteroatoms. The van der Waals surface area contributed by atoms with Gasteiger partial charge in [0.05, 0.1) is 6.61 Å². The molecule has 0 radical (unpaired) electrons. The minimum atomic E-state index is -0.158. The van der Waals surface area contributed by atoms with Crippen LogP contribution in [0, 0.1) is 17.8 Å². The van der Waals surface area contributed by atoms with Crippen LogP contribution in [0.4, 0.5) is 0 Å². The molecule has 0 fully saturated rings. The molecular weight excluding hydrogens is 214 g/mol. The summed E-state index contributed by atoms with van der Waals surface area (Å²) in [5.41, 5.74) is -0.158. The highest BCUT2D eigenvalue weighted by Crippen LogP contribution is 2.24. The lowest BCUT2D eigenvalue weighted by Gasteiger charge is -2.29. The predicted octanol–water partition coefficient (Wildman–Crippen LogP) is 2.09. The Kier molecular flexibility index (Phi) is 8.53. The lowest BCUT2D eigenvalue weighted by Crippen LogP contribution is -2.39. The minimum absolute atomic E-state index is 0.0572. The van der Waals surface area contributed by atoms with Crippen LogP contribution in [0.1, 0.15) is 52.4 Å². The molecule has 0 aliphatic rings. The van der Waals surface area contributed by atoms with E-state index in [1.165, 1.54) is 0 Å². The van der Waals surface area contributed by atoms with E-state index in [4.69, 9.17) is 6.42 Å². The van der Waals surface area contributed by atoms with E-state index in [9.17, 15) is 9.90 Å². The molecule has 0 aromatic heterocycles. The molecular formula is C14H25NO2. The second-order valence-corrected chi connectivity index (χ2v) is 4.55. The summed E-state index contributed by atoms with van der Waals surface area (Å²) in [5.74, 6) is 2.62. The molecule has 98 valence electrons. The van der Waals surface area contributed by atoms with E-state index in [0.29, 0.717) is 13.0 Å². The maximum Gasteiger partial charge on any atom is 0.220 e. The van der Waals surface area contributed by atoms with Crippen molar-refractivity contribution in [1.29, 1.82) is 0 Å². The van der Waals surface area contributed by atoms with Crippen LogP contribution >= 0.6 is 0 Å². The first-order valence-corrected chi connectivity index (χ1v) is 6.45. The zero-order valence-corrected chi connectivity index (χ0v) is 11.1. The zero-order valence-electron chi connectivity index (χ0n) is 11.1. The Morgan fingerprint density at radius 2 is 2.00 bits per heavy atom. The van der Waals surface area contributed by atoms with Crippen molar-refractivity contribution in [1.82, 2.24) is 5.32 Å². The van der Waals surface area contributed by atoms with Crippen LogP contribution in [0.15, 0.2) is 0 Å². The van der Waals surface area contributed by atoms with Gasteiger partial charge in [0, 0.05) is 24.8 Å². The van der Waals surface area contributed by atoms with Crippen LogP contribution in [-0.2, 0) is 4.79 Å². The SMILES string of the molecule is C#CCCCCC(=O)NCC(CC)(CC)CO. The Morgan fingerprint density at radius 3 is 2.47 bits per heavy atom. The van der Waals surface area contributed by atoms with Crippen molar-refractivity contribution in [2.75, 3.05) is 13.2 Å². The number of carbonyl (C=O) groups excluding carboxylic acids is 1. The average Bonchev–Trinajstić information content (AvgIpc) is 2.37. The minimum Gasteiger partial charge on any atom is -0.396 e. The molecule has 0 saturated carbocycles. The number of aliphatic hydroxyl groups excluding tert-OH is 1. The standard InChI is InChI=1S/C14H25NO2/c1-4-7-8-9-10-13(17)15-11-14(5-2,6-3)12-16/h1,16H,5-12H2,2-3H3,(H,15,17). The molecule has 17 heavy (non-hydrogen) atoms. The number of unbranched alkanes of at least 4 members (excludes halogenated alkanes) is 2. The average molecular weight is 239 g/mol. The van der Waals surface area contributed by atoms with Gasteiger partial charge in [0.1, 0.15) is 0 Å². The first-order valence-electron chi connectivity index (χ1n) is 6.45. The molecule has 0 heterocycles.